The minimum absolute atomic E-state index is 0.288. The topological polar surface area (TPSA) is 17.8 Å². The van der Waals surface area contributed by atoms with Gasteiger partial charge in [0.05, 0.1) is 16.4 Å². The van der Waals surface area contributed by atoms with Gasteiger partial charge in [-0.1, -0.05) is 0 Å². The largest absolute Gasteiger partial charge is 0.333 e. The zero-order valence-electron chi connectivity index (χ0n) is 6.17. The van der Waals surface area contributed by atoms with Gasteiger partial charge in [-0.3, -0.25) is 0 Å². The normalized spacial score (nSPS) is 17.3. The van der Waals surface area contributed by atoms with Crippen molar-refractivity contribution >= 4 is 15.9 Å². The van der Waals surface area contributed by atoms with Crippen molar-refractivity contribution in [2.24, 2.45) is 0 Å². The van der Waals surface area contributed by atoms with Crippen LogP contribution in [0.5, 0.6) is 0 Å². The van der Waals surface area contributed by atoms with Crippen LogP contribution in [0.3, 0.4) is 0 Å². The van der Waals surface area contributed by atoms with Crippen LogP contribution in [-0.4, -0.2) is 9.78 Å². The zero-order valence-corrected chi connectivity index (χ0v) is 7.76. The van der Waals surface area contributed by atoms with Crippen LogP contribution >= 0.6 is 15.9 Å². The van der Waals surface area contributed by atoms with E-state index < -0.39 is 6.55 Å². The van der Waals surface area contributed by atoms with Gasteiger partial charge in [-0.25, -0.2) is 4.68 Å². The fourth-order valence-electron chi connectivity index (χ4n) is 1.25. The second kappa shape index (κ2) is 2.80. The highest BCUT2D eigenvalue weighted by atomic mass is 79.9. The van der Waals surface area contributed by atoms with E-state index in [0.29, 0.717) is 10.2 Å². The van der Waals surface area contributed by atoms with Crippen LogP contribution in [0.2, 0.25) is 0 Å². The average molecular weight is 237 g/mol. The van der Waals surface area contributed by atoms with Crippen molar-refractivity contribution in [1.82, 2.24) is 9.78 Å². The van der Waals surface area contributed by atoms with Crippen molar-refractivity contribution in [3.8, 4) is 0 Å². The standard InChI is InChI=1S/C7H7BrF2N2/c8-5-3-11-12(7(9)10)6(5)4-1-2-4/h3-4,7H,1-2H2. The molecule has 1 saturated carbocycles. The van der Waals surface area contributed by atoms with E-state index in [9.17, 15) is 8.78 Å². The van der Waals surface area contributed by atoms with E-state index in [2.05, 4.69) is 21.0 Å². The molecule has 0 bridgehead atoms. The first kappa shape index (κ1) is 8.16. The number of alkyl halides is 2. The molecule has 0 unspecified atom stereocenters. The first-order valence-corrected chi connectivity index (χ1v) is 4.50. The Bertz CT molecular complexity index is 294. The summed E-state index contributed by atoms with van der Waals surface area (Å²) in [5.41, 5.74) is 0.644. The average Bonchev–Trinajstić information content (AvgIpc) is 2.75. The number of halogens is 3. The van der Waals surface area contributed by atoms with Crippen molar-refractivity contribution < 1.29 is 8.78 Å². The Morgan fingerprint density at radius 2 is 2.25 bits per heavy atom. The van der Waals surface area contributed by atoms with E-state index in [1.165, 1.54) is 6.20 Å². The number of nitrogens with zero attached hydrogens (tertiary/aromatic N) is 2. The molecule has 5 heteroatoms. The molecule has 1 aromatic heterocycles. The summed E-state index contributed by atoms with van der Waals surface area (Å²) in [6, 6.07) is 0. The van der Waals surface area contributed by atoms with Gasteiger partial charge in [-0.2, -0.15) is 13.9 Å². The van der Waals surface area contributed by atoms with Gasteiger partial charge in [-0.15, -0.1) is 0 Å². The number of rotatable bonds is 2. The van der Waals surface area contributed by atoms with Crippen molar-refractivity contribution in [3.05, 3.63) is 16.4 Å². The van der Waals surface area contributed by atoms with Crippen LogP contribution in [0.15, 0.2) is 10.7 Å². The van der Waals surface area contributed by atoms with Crippen LogP contribution < -0.4 is 0 Å². The minimum atomic E-state index is -2.52. The van der Waals surface area contributed by atoms with Gasteiger partial charge in [0, 0.05) is 5.92 Å². The van der Waals surface area contributed by atoms with Crippen molar-refractivity contribution in [2.45, 2.75) is 25.3 Å². The monoisotopic (exact) mass is 236 g/mol. The lowest BCUT2D eigenvalue weighted by molar-refractivity contribution is 0.0533. The van der Waals surface area contributed by atoms with Crippen LogP contribution in [0.1, 0.15) is 31.0 Å². The summed E-state index contributed by atoms with van der Waals surface area (Å²) in [5, 5.41) is 3.60. The third-order valence-corrected chi connectivity index (χ3v) is 2.55. The predicted molar refractivity (Wildman–Crippen MR) is 43.2 cm³/mol. The highest BCUT2D eigenvalue weighted by molar-refractivity contribution is 9.10. The highest BCUT2D eigenvalue weighted by Crippen LogP contribution is 2.44. The number of hydrogen-bond acceptors (Lipinski definition) is 1. The zero-order chi connectivity index (χ0) is 8.72. The van der Waals surface area contributed by atoms with Gasteiger partial charge in [-0.05, 0) is 28.8 Å². The molecular formula is C7H7BrF2N2. The lowest BCUT2D eigenvalue weighted by atomic mass is 10.3. The molecule has 66 valence electrons. The van der Waals surface area contributed by atoms with Crippen molar-refractivity contribution in [1.29, 1.82) is 0 Å². The van der Waals surface area contributed by atoms with Gasteiger partial charge < -0.3 is 0 Å². The van der Waals surface area contributed by atoms with Gasteiger partial charge >= 0.3 is 6.55 Å². The highest BCUT2D eigenvalue weighted by Gasteiger charge is 2.31. The van der Waals surface area contributed by atoms with Gasteiger partial charge in [0.1, 0.15) is 0 Å². The fourth-order valence-corrected chi connectivity index (χ4v) is 1.84. The van der Waals surface area contributed by atoms with E-state index in [1.54, 1.807) is 0 Å². The van der Waals surface area contributed by atoms with Crippen molar-refractivity contribution in [3.63, 3.8) is 0 Å². The van der Waals surface area contributed by atoms with Gasteiger partial charge in [0.25, 0.3) is 0 Å². The van der Waals surface area contributed by atoms with E-state index in [4.69, 9.17) is 0 Å². The Hall–Kier alpha value is -0.450. The third kappa shape index (κ3) is 1.26. The fraction of sp³-hybridized carbons (Fsp3) is 0.571. The molecule has 12 heavy (non-hydrogen) atoms. The second-order valence-corrected chi connectivity index (χ2v) is 3.73. The summed E-state index contributed by atoms with van der Waals surface area (Å²) < 4.78 is 26.1. The van der Waals surface area contributed by atoms with E-state index in [-0.39, 0.29) is 5.92 Å². The molecule has 0 amide bonds. The molecule has 0 aromatic carbocycles. The number of aromatic nitrogens is 2. The second-order valence-electron chi connectivity index (χ2n) is 2.87. The summed E-state index contributed by atoms with van der Waals surface area (Å²) in [6.07, 6.45) is 3.42. The Morgan fingerprint density at radius 1 is 1.58 bits per heavy atom. The molecule has 1 fully saturated rings. The van der Waals surface area contributed by atoms with Gasteiger partial charge in [0.2, 0.25) is 0 Å². The predicted octanol–water partition coefficient (Wildman–Crippen LogP) is 2.92. The molecular weight excluding hydrogens is 230 g/mol. The Labute approximate surface area is 76.7 Å². The summed E-state index contributed by atoms with van der Waals surface area (Å²) in [5.74, 6) is 0.288. The number of hydrogen-bond donors (Lipinski definition) is 0. The molecule has 0 N–H and O–H groups in total. The molecule has 1 aliphatic carbocycles. The first-order valence-electron chi connectivity index (χ1n) is 3.71. The van der Waals surface area contributed by atoms with E-state index >= 15 is 0 Å². The smallest absolute Gasteiger partial charge is 0.207 e. The third-order valence-electron chi connectivity index (χ3n) is 1.94. The maximum absolute atomic E-state index is 12.3. The van der Waals surface area contributed by atoms with Crippen LogP contribution in [0.4, 0.5) is 8.78 Å². The molecule has 0 atom stereocenters. The molecule has 1 aliphatic rings. The van der Waals surface area contributed by atoms with Crippen LogP contribution in [-0.2, 0) is 0 Å². The molecule has 0 aliphatic heterocycles. The SMILES string of the molecule is FC(F)n1ncc(Br)c1C1CC1. The lowest BCUT2D eigenvalue weighted by Crippen LogP contribution is -2.04. The molecule has 2 rings (SSSR count). The first-order chi connectivity index (χ1) is 5.70. The Kier molecular flexibility index (Phi) is 1.90. The molecule has 0 saturated heterocycles. The maximum Gasteiger partial charge on any atom is 0.333 e. The van der Waals surface area contributed by atoms with Crippen LogP contribution in [0, 0.1) is 0 Å². The molecule has 1 aromatic rings. The van der Waals surface area contributed by atoms with E-state index in [0.717, 1.165) is 17.5 Å². The molecule has 0 spiro atoms. The summed E-state index contributed by atoms with van der Waals surface area (Å²) in [4.78, 5) is 0. The summed E-state index contributed by atoms with van der Waals surface area (Å²) in [7, 11) is 0. The van der Waals surface area contributed by atoms with E-state index in [1.807, 2.05) is 0 Å². The summed E-state index contributed by atoms with van der Waals surface area (Å²) in [6.45, 7) is -2.52. The molecule has 1 heterocycles. The Morgan fingerprint density at radius 3 is 2.75 bits per heavy atom. The van der Waals surface area contributed by atoms with Crippen molar-refractivity contribution in [2.75, 3.05) is 0 Å². The quantitative estimate of drug-likeness (QED) is 0.773. The molecule has 2 nitrogen and oxygen atoms in total. The minimum Gasteiger partial charge on any atom is -0.207 e. The van der Waals surface area contributed by atoms with Crippen LogP contribution in [0.25, 0.3) is 0 Å². The van der Waals surface area contributed by atoms with Gasteiger partial charge in [0.15, 0.2) is 0 Å². The maximum atomic E-state index is 12.3. The lowest BCUT2D eigenvalue weighted by Gasteiger charge is -2.04. The Balaban J connectivity index is 2.39. The molecule has 0 radical (unpaired) electrons. The summed E-state index contributed by atoms with van der Waals surface area (Å²) >= 11 is 3.21.